The molecular formula is C22H30ClNO. The summed E-state index contributed by atoms with van der Waals surface area (Å²) in [5, 5.41) is 0. The van der Waals surface area contributed by atoms with Gasteiger partial charge in [-0.1, -0.05) is 73.7 Å². The van der Waals surface area contributed by atoms with E-state index in [4.69, 9.17) is 4.74 Å². The Hall–Kier alpha value is -1.61. The molecule has 0 amide bonds. The first-order valence-corrected chi connectivity index (χ1v) is 8.69. The zero-order chi connectivity index (χ0) is 17.4. The number of halogens is 1. The first-order valence-electron chi connectivity index (χ1n) is 8.69. The molecule has 2 aromatic rings. The van der Waals surface area contributed by atoms with Gasteiger partial charge in [-0.3, -0.25) is 0 Å². The molecule has 1 unspecified atom stereocenters. The summed E-state index contributed by atoms with van der Waals surface area (Å²) in [7, 11) is 2.13. The lowest BCUT2D eigenvalue weighted by Crippen LogP contribution is -2.43. The average molecular weight is 360 g/mol. The Morgan fingerprint density at radius 3 is 1.92 bits per heavy atom. The number of likely N-dealkylation sites (N-methyl/N-ethyl adjacent to an activating group) is 1. The molecule has 0 saturated carbocycles. The van der Waals surface area contributed by atoms with Crippen molar-refractivity contribution in [2.75, 3.05) is 26.7 Å². The maximum Gasteiger partial charge on any atom is 0.122 e. The van der Waals surface area contributed by atoms with Crippen molar-refractivity contribution < 1.29 is 4.74 Å². The SMILES string of the molecule is C=CCN(C)CC(C)C(OCC)(c1ccccc1)c1ccccc1.Cl. The second-order valence-corrected chi connectivity index (χ2v) is 6.31. The third-order valence-corrected chi connectivity index (χ3v) is 4.50. The molecule has 136 valence electrons. The minimum Gasteiger partial charge on any atom is -0.365 e. The lowest BCUT2D eigenvalue weighted by molar-refractivity contribution is -0.0575. The second kappa shape index (κ2) is 10.4. The average Bonchev–Trinajstić information content (AvgIpc) is 2.61. The highest BCUT2D eigenvalue weighted by atomic mass is 35.5. The van der Waals surface area contributed by atoms with Gasteiger partial charge in [-0.05, 0) is 25.1 Å². The maximum atomic E-state index is 6.49. The van der Waals surface area contributed by atoms with E-state index in [1.54, 1.807) is 0 Å². The molecule has 1 atom stereocenters. The van der Waals surface area contributed by atoms with Crippen LogP contribution in [0.2, 0.25) is 0 Å². The summed E-state index contributed by atoms with van der Waals surface area (Å²) >= 11 is 0. The molecule has 0 spiro atoms. The Kier molecular flexibility index (Phi) is 8.91. The van der Waals surface area contributed by atoms with Crippen LogP contribution in [0.4, 0.5) is 0 Å². The molecule has 0 aliphatic heterocycles. The Morgan fingerprint density at radius 2 is 1.52 bits per heavy atom. The lowest BCUT2D eigenvalue weighted by atomic mass is 9.76. The standard InChI is InChI=1S/C22H29NO.ClH/c1-5-17-23(4)18-19(3)22(24-6-2,20-13-9-7-10-14-20)21-15-11-8-12-16-21;/h5,7-16,19H,1,6,17-18H2,2-4H3;1H. The van der Waals surface area contributed by atoms with Crippen LogP contribution >= 0.6 is 12.4 Å². The van der Waals surface area contributed by atoms with E-state index in [-0.39, 0.29) is 18.3 Å². The number of hydrogen-bond acceptors (Lipinski definition) is 2. The summed E-state index contributed by atoms with van der Waals surface area (Å²) in [6.07, 6.45) is 1.94. The Bertz CT molecular complexity index is 575. The van der Waals surface area contributed by atoms with Gasteiger partial charge in [0.2, 0.25) is 0 Å². The van der Waals surface area contributed by atoms with Crippen LogP contribution in [0.15, 0.2) is 73.3 Å². The van der Waals surface area contributed by atoms with Crippen LogP contribution < -0.4 is 0 Å². The zero-order valence-electron chi connectivity index (χ0n) is 15.5. The normalized spacial score (nSPS) is 12.5. The number of benzene rings is 2. The molecule has 0 N–H and O–H groups in total. The lowest BCUT2D eigenvalue weighted by Gasteiger charge is -2.41. The van der Waals surface area contributed by atoms with Crippen molar-refractivity contribution in [3.05, 3.63) is 84.4 Å². The second-order valence-electron chi connectivity index (χ2n) is 6.31. The monoisotopic (exact) mass is 359 g/mol. The fourth-order valence-corrected chi connectivity index (χ4v) is 3.53. The first kappa shape index (κ1) is 21.4. The van der Waals surface area contributed by atoms with Crippen molar-refractivity contribution in [1.82, 2.24) is 4.90 Å². The summed E-state index contributed by atoms with van der Waals surface area (Å²) in [4.78, 5) is 2.29. The highest BCUT2D eigenvalue weighted by Crippen LogP contribution is 2.40. The third kappa shape index (κ3) is 4.94. The van der Waals surface area contributed by atoms with Gasteiger partial charge in [0.25, 0.3) is 0 Å². The van der Waals surface area contributed by atoms with E-state index in [9.17, 15) is 0 Å². The topological polar surface area (TPSA) is 12.5 Å². The summed E-state index contributed by atoms with van der Waals surface area (Å²) < 4.78 is 6.49. The van der Waals surface area contributed by atoms with Crippen LogP contribution in [0.1, 0.15) is 25.0 Å². The van der Waals surface area contributed by atoms with Crippen molar-refractivity contribution in [2.24, 2.45) is 5.92 Å². The molecule has 0 radical (unpaired) electrons. The van der Waals surface area contributed by atoms with Gasteiger partial charge in [0, 0.05) is 25.6 Å². The van der Waals surface area contributed by atoms with Crippen molar-refractivity contribution in [3.63, 3.8) is 0 Å². The molecule has 0 heterocycles. The van der Waals surface area contributed by atoms with Crippen LogP contribution in [-0.4, -0.2) is 31.6 Å². The van der Waals surface area contributed by atoms with Crippen LogP contribution in [-0.2, 0) is 10.3 Å². The smallest absolute Gasteiger partial charge is 0.122 e. The van der Waals surface area contributed by atoms with Gasteiger partial charge in [0.15, 0.2) is 0 Å². The molecule has 2 rings (SSSR count). The van der Waals surface area contributed by atoms with Crippen molar-refractivity contribution in [1.29, 1.82) is 0 Å². The predicted molar refractivity (Wildman–Crippen MR) is 109 cm³/mol. The third-order valence-electron chi connectivity index (χ3n) is 4.50. The Balaban J connectivity index is 0.00000312. The fraction of sp³-hybridized carbons (Fsp3) is 0.364. The minimum atomic E-state index is -0.452. The number of hydrogen-bond donors (Lipinski definition) is 0. The summed E-state index contributed by atoms with van der Waals surface area (Å²) in [6, 6.07) is 21.2. The largest absolute Gasteiger partial charge is 0.365 e. The van der Waals surface area contributed by atoms with E-state index in [1.165, 1.54) is 11.1 Å². The number of nitrogens with zero attached hydrogens (tertiary/aromatic N) is 1. The number of rotatable bonds is 9. The zero-order valence-corrected chi connectivity index (χ0v) is 16.3. The van der Waals surface area contributed by atoms with Gasteiger partial charge in [-0.25, -0.2) is 0 Å². The molecular weight excluding hydrogens is 330 g/mol. The molecule has 25 heavy (non-hydrogen) atoms. The van der Waals surface area contributed by atoms with E-state index in [1.807, 2.05) is 6.08 Å². The summed E-state index contributed by atoms with van der Waals surface area (Å²) in [5.41, 5.74) is 1.96. The van der Waals surface area contributed by atoms with E-state index >= 15 is 0 Å². The van der Waals surface area contributed by atoms with Crippen molar-refractivity contribution in [2.45, 2.75) is 19.4 Å². The summed E-state index contributed by atoms with van der Waals surface area (Å²) in [5.74, 6) is 0.284. The highest BCUT2D eigenvalue weighted by molar-refractivity contribution is 5.85. The predicted octanol–water partition coefficient (Wildman–Crippen LogP) is 5.14. The van der Waals surface area contributed by atoms with E-state index in [0.717, 1.165) is 13.1 Å². The van der Waals surface area contributed by atoms with Crippen molar-refractivity contribution in [3.8, 4) is 0 Å². The van der Waals surface area contributed by atoms with Crippen LogP contribution in [0.3, 0.4) is 0 Å². The molecule has 2 aromatic carbocycles. The fourth-order valence-electron chi connectivity index (χ4n) is 3.53. The molecule has 2 nitrogen and oxygen atoms in total. The molecule has 0 bridgehead atoms. The van der Waals surface area contributed by atoms with E-state index in [0.29, 0.717) is 6.61 Å². The quantitative estimate of drug-likeness (QED) is 0.574. The van der Waals surface area contributed by atoms with E-state index in [2.05, 4.69) is 93.0 Å². The minimum absolute atomic E-state index is 0. The molecule has 0 saturated heterocycles. The van der Waals surface area contributed by atoms with E-state index < -0.39 is 5.60 Å². The molecule has 0 aromatic heterocycles. The number of ether oxygens (including phenoxy) is 1. The highest BCUT2D eigenvalue weighted by Gasteiger charge is 2.40. The Labute approximate surface area is 158 Å². The van der Waals surface area contributed by atoms with Gasteiger partial charge < -0.3 is 9.64 Å². The van der Waals surface area contributed by atoms with Gasteiger partial charge in [0.05, 0.1) is 0 Å². The van der Waals surface area contributed by atoms with Crippen LogP contribution in [0, 0.1) is 5.92 Å². The summed E-state index contributed by atoms with van der Waals surface area (Å²) in [6.45, 7) is 10.7. The van der Waals surface area contributed by atoms with Crippen molar-refractivity contribution >= 4 is 12.4 Å². The van der Waals surface area contributed by atoms with Crippen LogP contribution in [0.25, 0.3) is 0 Å². The van der Waals surface area contributed by atoms with Gasteiger partial charge in [-0.15, -0.1) is 19.0 Å². The van der Waals surface area contributed by atoms with Crippen LogP contribution in [0.5, 0.6) is 0 Å². The maximum absolute atomic E-state index is 6.49. The van der Waals surface area contributed by atoms with Gasteiger partial charge in [-0.2, -0.15) is 0 Å². The molecule has 3 heteroatoms. The Morgan fingerprint density at radius 1 is 1.04 bits per heavy atom. The molecule has 0 aliphatic rings. The molecule has 0 aliphatic carbocycles. The van der Waals surface area contributed by atoms with Gasteiger partial charge >= 0.3 is 0 Å². The first-order chi connectivity index (χ1) is 11.6. The molecule has 0 fully saturated rings. The van der Waals surface area contributed by atoms with Gasteiger partial charge in [0.1, 0.15) is 5.60 Å².